The lowest BCUT2D eigenvalue weighted by atomic mass is 10.3. The molecule has 1 rings (SSSR count). The molecule has 1 aromatic carbocycles. The molecular formula is C12H17O3. The highest BCUT2D eigenvalue weighted by Crippen LogP contribution is 2.36. The minimum absolute atomic E-state index is 0.0128. The molecule has 0 fully saturated rings. The van der Waals surface area contributed by atoms with Crippen LogP contribution in [0.1, 0.15) is 27.7 Å². The van der Waals surface area contributed by atoms with E-state index in [9.17, 15) is 5.11 Å². The van der Waals surface area contributed by atoms with Gasteiger partial charge >= 0.3 is 0 Å². The monoisotopic (exact) mass is 209 g/mol. The first kappa shape index (κ1) is 11.7. The van der Waals surface area contributed by atoms with Crippen LogP contribution in [-0.4, -0.2) is 17.3 Å². The SMILES string of the molecule is CC(C)Oc1[c]ccc(O)c1OC(C)C. The standard InChI is InChI=1S/C12H17O3/c1-8(2)14-11-7-5-6-10(13)12(11)15-9(3)4/h5-6,8-9,13H,1-4H3. The van der Waals surface area contributed by atoms with Crippen LogP contribution >= 0.6 is 0 Å². The summed E-state index contributed by atoms with van der Waals surface area (Å²) in [7, 11) is 0. The zero-order chi connectivity index (χ0) is 11.4. The van der Waals surface area contributed by atoms with Gasteiger partial charge in [0.05, 0.1) is 12.2 Å². The van der Waals surface area contributed by atoms with E-state index in [1.165, 1.54) is 6.07 Å². The smallest absolute Gasteiger partial charge is 0.204 e. The number of hydrogen-bond donors (Lipinski definition) is 1. The molecule has 0 saturated heterocycles. The molecule has 0 heterocycles. The van der Waals surface area contributed by atoms with Crippen molar-refractivity contribution in [2.75, 3.05) is 0 Å². The molecule has 83 valence electrons. The van der Waals surface area contributed by atoms with Gasteiger partial charge < -0.3 is 14.6 Å². The fraction of sp³-hybridized carbons (Fsp3) is 0.500. The van der Waals surface area contributed by atoms with Crippen LogP contribution in [0.2, 0.25) is 0 Å². The lowest BCUT2D eigenvalue weighted by Crippen LogP contribution is -2.10. The van der Waals surface area contributed by atoms with Crippen LogP contribution < -0.4 is 9.47 Å². The van der Waals surface area contributed by atoms with Gasteiger partial charge in [-0.2, -0.15) is 0 Å². The normalized spacial score (nSPS) is 10.8. The molecule has 0 saturated carbocycles. The van der Waals surface area contributed by atoms with Gasteiger partial charge in [0, 0.05) is 6.07 Å². The van der Waals surface area contributed by atoms with E-state index in [2.05, 4.69) is 6.07 Å². The Labute approximate surface area is 90.6 Å². The molecule has 0 amide bonds. The number of benzene rings is 1. The number of aromatic hydroxyl groups is 1. The summed E-state index contributed by atoms with van der Waals surface area (Å²) in [5, 5.41) is 9.63. The molecule has 0 atom stereocenters. The molecule has 3 nitrogen and oxygen atoms in total. The van der Waals surface area contributed by atoms with Crippen LogP contribution in [0.25, 0.3) is 0 Å². The van der Waals surface area contributed by atoms with Gasteiger partial charge in [0.15, 0.2) is 11.5 Å². The summed E-state index contributed by atoms with van der Waals surface area (Å²) in [6, 6.07) is 6.05. The number of phenolic OH excluding ortho intramolecular Hbond substituents is 1. The first-order valence-corrected chi connectivity index (χ1v) is 5.07. The zero-order valence-corrected chi connectivity index (χ0v) is 9.57. The highest BCUT2D eigenvalue weighted by atomic mass is 16.5. The second-order valence-corrected chi connectivity index (χ2v) is 3.85. The molecule has 1 N–H and O–H groups in total. The van der Waals surface area contributed by atoms with E-state index in [-0.39, 0.29) is 18.0 Å². The Morgan fingerprint density at radius 3 is 2.27 bits per heavy atom. The van der Waals surface area contributed by atoms with Crippen LogP contribution in [0.4, 0.5) is 0 Å². The molecule has 0 aromatic heterocycles. The molecule has 1 radical (unpaired) electrons. The van der Waals surface area contributed by atoms with Crippen molar-refractivity contribution in [1.82, 2.24) is 0 Å². The minimum Gasteiger partial charge on any atom is -0.504 e. The van der Waals surface area contributed by atoms with Crippen molar-refractivity contribution in [3.05, 3.63) is 18.2 Å². The maximum atomic E-state index is 9.63. The van der Waals surface area contributed by atoms with Crippen molar-refractivity contribution in [3.8, 4) is 17.2 Å². The van der Waals surface area contributed by atoms with E-state index in [1.54, 1.807) is 6.07 Å². The van der Waals surface area contributed by atoms with E-state index in [1.807, 2.05) is 27.7 Å². The highest BCUT2D eigenvalue weighted by molar-refractivity contribution is 5.49. The summed E-state index contributed by atoms with van der Waals surface area (Å²) >= 11 is 0. The van der Waals surface area contributed by atoms with Crippen LogP contribution in [-0.2, 0) is 0 Å². The van der Waals surface area contributed by atoms with Gasteiger partial charge in [-0.15, -0.1) is 0 Å². The molecular weight excluding hydrogens is 192 g/mol. The fourth-order valence-corrected chi connectivity index (χ4v) is 1.13. The second kappa shape index (κ2) is 4.91. The maximum absolute atomic E-state index is 9.63. The van der Waals surface area contributed by atoms with Crippen LogP contribution in [0.15, 0.2) is 12.1 Å². The Kier molecular flexibility index (Phi) is 3.83. The molecule has 15 heavy (non-hydrogen) atoms. The van der Waals surface area contributed by atoms with Crippen LogP contribution in [0.5, 0.6) is 17.2 Å². The first-order valence-electron chi connectivity index (χ1n) is 5.07. The molecule has 0 aliphatic heterocycles. The van der Waals surface area contributed by atoms with Crippen molar-refractivity contribution >= 4 is 0 Å². The summed E-state index contributed by atoms with van der Waals surface area (Å²) < 4.78 is 11.0. The third kappa shape index (κ3) is 3.35. The van der Waals surface area contributed by atoms with Gasteiger partial charge in [0.1, 0.15) is 0 Å². The highest BCUT2D eigenvalue weighted by Gasteiger charge is 2.13. The number of ether oxygens (including phenoxy) is 2. The van der Waals surface area contributed by atoms with Gasteiger partial charge in [-0.1, -0.05) is 0 Å². The van der Waals surface area contributed by atoms with E-state index in [0.29, 0.717) is 11.5 Å². The average molecular weight is 209 g/mol. The Morgan fingerprint density at radius 2 is 1.73 bits per heavy atom. The quantitative estimate of drug-likeness (QED) is 0.828. The molecule has 0 unspecified atom stereocenters. The summed E-state index contributed by atoms with van der Waals surface area (Å²) in [5.41, 5.74) is 0. The minimum atomic E-state index is -0.0128. The summed E-state index contributed by atoms with van der Waals surface area (Å²) in [5.74, 6) is 0.901. The zero-order valence-electron chi connectivity index (χ0n) is 9.57. The van der Waals surface area contributed by atoms with Gasteiger partial charge in [-0.05, 0) is 39.8 Å². The van der Waals surface area contributed by atoms with Crippen molar-refractivity contribution in [3.63, 3.8) is 0 Å². The van der Waals surface area contributed by atoms with Crippen molar-refractivity contribution < 1.29 is 14.6 Å². The predicted octanol–water partition coefficient (Wildman–Crippen LogP) is 2.77. The molecule has 0 bridgehead atoms. The molecule has 0 spiro atoms. The fourth-order valence-electron chi connectivity index (χ4n) is 1.13. The van der Waals surface area contributed by atoms with Crippen LogP contribution in [0.3, 0.4) is 0 Å². The van der Waals surface area contributed by atoms with Crippen molar-refractivity contribution in [2.45, 2.75) is 39.9 Å². The predicted molar refractivity (Wildman–Crippen MR) is 58.5 cm³/mol. The van der Waals surface area contributed by atoms with Gasteiger partial charge in [0.25, 0.3) is 0 Å². The Hall–Kier alpha value is -1.38. The maximum Gasteiger partial charge on any atom is 0.204 e. The Balaban J connectivity index is 2.97. The third-order valence-electron chi connectivity index (χ3n) is 1.60. The van der Waals surface area contributed by atoms with E-state index < -0.39 is 0 Å². The van der Waals surface area contributed by atoms with Crippen molar-refractivity contribution in [1.29, 1.82) is 0 Å². The van der Waals surface area contributed by atoms with Crippen molar-refractivity contribution in [2.24, 2.45) is 0 Å². The van der Waals surface area contributed by atoms with Gasteiger partial charge in [-0.25, -0.2) is 0 Å². The van der Waals surface area contributed by atoms with E-state index in [4.69, 9.17) is 9.47 Å². The van der Waals surface area contributed by atoms with Gasteiger partial charge in [-0.3, -0.25) is 0 Å². The largest absolute Gasteiger partial charge is 0.504 e. The number of hydrogen-bond acceptors (Lipinski definition) is 3. The topological polar surface area (TPSA) is 38.7 Å². The Morgan fingerprint density at radius 1 is 1.13 bits per heavy atom. The number of rotatable bonds is 4. The molecule has 0 aliphatic carbocycles. The first-order chi connectivity index (χ1) is 7.00. The van der Waals surface area contributed by atoms with E-state index in [0.717, 1.165) is 0 Å². The van der Waals surface area contributed by atoms with Crippen LogP contribution in [0, 0.1) is 6.07 Å². The lowest BCUT2D eigenvalue weighted by Gasteiger charge is -2.17. The second-order valence-electron chi connectivity index (χ2n) is 3.85. The number of phenols is 1. The van der Waals surface area contributed by atoms with E-state index >= 15 is 0 Å². The summed E-state index contributed by atoms with van der Waals surface area (Å²) in [4.78, 5) is 0. The third-order valence-corrected chi connectivity index (χ3v) is 1.60. The molecule has 0 aliphatic rings. The lowest BCUT2D eigenvalue weighted by molar-refractivity contribution is 0.192. The average Bonchev–Trinajstić information content (AvgIpc) is 2.09. The Bertz CT molecular complexity index is 319. The summed E-state index contributed by atoms with van der Waals surface area (Å²) in [6.07, 6.45) is 0.0128. The molecule has 1 aromatic rings. The summed E-state index contributed by atoms with van der Waals surface area (Å²) in [6.45, 7) is 7.62. The van der Waals surface area contributed by atoms with Gasteiger partial charge in [0.2, 0.25) is 5.75 Å². The molecule has 3 heteroatoms.